The highest BCUT2D eigenvalue weighted by molar-refractivity contribution is 7.89. The first-order chi connectivity index (χ1) is 13.2. The summed E-state index contributed by atoms with van der Waals surface area (Å²) in [5.41, 5.74) is 0.981. The topological polar surface area (TPSA) is 99.9 Å². The van der Waals surface area contributed by atoms with Crippen LogP contribution in [0.5, 0.6) is 5.75 Å². The van der Waals surface area contributed by atoms with Crippen LogP contribution in [0.1, 0.15) is 21.5 Å². The smallest absolute Gasteiger partial charge is 0.338 e. The molecule has 3 aromatic rings. The summed E-state index contributed by atoms with van der Waals surface area (Å²) in [4.78, 5) is 24.2. The van der Waals surface area contributed by atoms with Crippen molar-refractivity contribution in [2.24, 2.45) is 0 Å². The fourth-order valence-electron chi connectivity index (χ4n) is 2.77. The lowest BCUT2D eigenvalue weighted by Gasteiger charge is -2.09. The maximum atomic E-state index is 12.4. The minimum Gasteiger partial charge on any atom is -0.497 e. The third-order valence-electron chi connectivity index (χ3n) is 3.99. The van der Waals surface area contributed by atoms with E-state index in [0.717, 1.165) is 6.26 Å². The zero-order valence-corrected chi connectivity index (χ0v) is 16.1. The molecule has 1 aromatic heterocycles. The monoisotopic (exact) mass is 402 g/mol. The Bertz CT molecular complexity index is 1190. The van der Waals surface area contributed by atoms with E-state index in [1.807, 2.05) is 0 Å². The van der Waals surface area contributed by atoms with E-state index in [4.69, 9.17) is 13.9 Å². The van der Waals surface area contributed by atoms with Gasteiger partial charge in [-0.3, -0.25) is 0 Å². The molecule has 0 spiro atoms. The van der Waals surface area contributed by atoms with Crippen LogP contribution >= 0.6 is 0 Å². The molecule has 28 heavy (non-hydrogen) atoms. The number of carbonyl (C=O) groups excluding carboxylic acids is 1. The minimum atomic E-state index is -3.22. The minimum absolute atomic E-state index is 0.135. The summed E-state index contributed by atoms with van der Waals surface area (Å²) in [6.45, 7) is -0.135. The molecule has 8 heteroatoms. The molecule has 0 saturated carbocycles. The van der Waals surface area contributed by atoms with Crippen LogP contribution in [0.3, 0.4) is 0 Å². The first kappa shape index (κ1) is 19.6. The molecular formula is C20H18O7S. The molecule has 0 aliphatic heterocycles. The van der Waals surface area contributed by atoms with Gasteiger partial charge < -0.3 is 13.9 Å². The van der Waals surface area contributed by atoms with Crippen LogP contribution in [-0.2, 0) is 26.9 Å². The average Bonchev–Trinajstić information content (AvgIpc) is 2.64. The molecule has 0 aliphatic carbocycles. The summed E-state index contributed by atoms with van der Waals surface area (Å²) >= 11 is 0. The Morgan fingerprint density at radius 2 is 1.89 bits per heavy atom. The summed E-state index contributed by atoms with van der Waals surface area (Å²) in [6.07, 6.45) is 1.12. The molecule has 0 bridgehead atoms. The van der Waals surface area contributed by atoms with Gasteiger partial charge in [0, 0.05) is 29.3 Å². The summed E-state index contributed by atoms with van der Waals surface area (Å²) < 4.78 is 38.5. The van der Waals surface area contributed by atoms with Crippen LogP contribution in [-0.4, -0.2) is 27.8 Å². The fourth-order valence-corrected chi connectivity index (χ4v) is 3.56. The third-order valence-corrected chi connectivity index (χ3v) is 4.85. The lowest BCUT2D eigenvalue weighted by atomic mass is 10.1. The highest BCUT2D eigenvalue weighted by atomic mass is 32.2. The van der Waals surface area contributed by atoms with Crippen molar-refractivity contribution in [3.05, 3.63) is 75.6 Å². The van der Waals surface area contributed by atoms with E-state index in [9.17, 15) is 18.0 Å². The van der Waals surface area contributed by atoms with Gasteiger partial charge in [0.05, 0.1) is 18.4 Å². The van der Waals surface area contributed by atoms with Crippen molar-refractivity contribution >= 4 is 26.8 Å². The second-order valence-electron chi connectivity index (χ2n) is 6.30. The summed E-state index contributed by atoms with van der Waals surface area (Å²) in [7, 11) is -1.71. The van der Waals surface area contributed by atoms with Crippen molar-refractivity contribution < 1.29 is 27.1 Å². The number of hydrogen-bond acceptors (Lipinski definition) is 7. The number of rotatable bonds is 6. The Hall–Kier alpha value is -3.13. The second kappa shape index (κ2) is 7.85. The maximum absolute atomic E-state index is 12.4. The molecule has 0 fully saturated rings. The SMILES string of the molecule is COc1ccc2c(COC(=O)c3cccc(CS(C)(=O)=O)c3)cc(=O)oc2c1. The van der Waals surface area contributed by atoms with E-state index in [1.54, 1.807) is 30.3 Å². The molecule has 146 valence electrons. The van der Waals surface area contributed by atoms with Crippen LogP contribution in [0.25, 0.3) is 11.0 Å². The molecule has 0 atom stereocenters. The number of sulfone groups is 1. The Labute approximate surface area is 161 Å². The first-order valence-corrected chi connectivity index (χ1v) is 10.4. The van der Waals surface area contributed by atoms with Gasteiger partial charge in [0.25, 0.3) is 0 Å². The van der Waals surface area contributed by atoms with E-state index < -0.39 is 21.4 Å². The summed E-state index contributed by atoms with van der Waals surface area (Å²) in [5.74, 6) is -0.252. The third kappa shape index (κ3) is 4.77. The number of ether oxygens (including phenoxy) is 2. The lowest BCUT2D eigenvalue weighted by molar-refractivity contribution is 0.0473. The van der Waals surface area contributed by atoms with Crippen molar-refractivity contribution in [3.63, 3.8) is 0 Å². The Kier molecular flexibility index (Phi) is 5.51. The molecule has 0 radical (unpaired) electrons. The highest BCUT2D eigenvalue weighted by Crippen LogP contribution is 2.23. The zero-order chi connectivity index (χ0) is 20.3. The number of fused-ring (bicyclic) bond motifs is 1. The molecule has 1 heterocycles. The van der Waals surface area contributed by atoms with Crippen LogP contribution in [0.2, 0.25) is 0 Å². The molecule has 2 aromatic carbocycles. The van der Waals surface area contributed by atoms with Crippen molar-refractivity contribution in [3.8, 4) is 5.75 Å². The van der Waals surface area contributed by atoms with Gasteiger partial charge >= 0.3 is 11.6 Å². The highest BCUT2D eigenvalue weighted by Gasteiger charge is 2.13. The number of hydrogen-bond donors (Lipinski definition) is 0. The van der Waals surface area contributed by atoms with E-state index in [0.29, 0.717) is 27.8 Å². The van der Waals surface area contributed by atoms with Gasteiger partial charge in [0.15, 0.2) is 9.84 Å². The lowest BCUT2D eigenvalue weighted by Crippen LogP contribution is -2.09. The van der Waals surface area contributed by atoms with Gasteiger partial charge in [-0.05, 0) is 29.8 Å². The van der Waals surface area contributed by atoms with Gasteiger partial charge in [0.2, 0.25) is 0 Å². The Morgan fingerprint density at radius 3 is 2.61 bits per heavy atom. The van der Waals surface area contributed by atoms with E-state index in [2.05, 4.69) is 0 Å². The molecule has 3 rings (SSSR count). The summed E-state index contributed by atoms with van der Waals surface area (Å²) in [5, 5.41) is 0.624. The van der Waals surface area contributed by atoms with E-state index in [-0.39, 0.29) is 17.9 Å². The second-order valence-corrected chi connectivity index (χ2v) is 8.44. The number of methoxy groups -OCH3 is 1. The number of esters is 1. The number of benzene rings is 2. The largest absolute Gasteiger partial charge is 0.497 e. The fraction of sp³-hybridized carbons (Fsp3) is 0.200. The standard InChI is InChI=1S/C20H18O7S/c1-25-16-6-7-17-15(9-19(21)27-18(17)10-16)11-26-20(22)14-5-3-4-13(8-14)12-28(2,23)24/h3-10H,11-12H2,1-2H3. The van der Waals surface area contributed by atoms with Gasteiger partial charge in [-0.1, -0.05) is 12.1 Å². The van der Waals surface area contributed by atoms with Crippen molar-refractivity contribution in [1.29, 1.82) is 0 Å². The molecule has 7 nitrogen and oxygen atoms in total. The van der Waals surface area contributed by atoms with Crippen molar-refractivity contribution in [2.75, 3.05) is 13.4 Å². The Morgan fingerprint density at radius 1 is 1.11 bits per heavy atom. The molecule has 0 amide bonds. The predicted octanol–water partition coefficient (Wildman–Crippen LogP) is 2.70. The summed E-state index contributed by atoms with van der Waals surface area (Å²) in [6, 6.07) is 12.5. The van der Waals surface area contributed by atoms with Crippen molar-refractivity contribution in [2.45, 2.75) is 12.4 Å². The van der Waals surface area contributed by atoms with Crippen LogP contribution in [0.4, 0.5) is 0 Å². The molecule has 0 saturated heterocycles. The van der Waals surface area contributed by atoms with Crippen LogP contribution < -0.4 is 10.4 Å². The Balaban J connectivity index is 1.82. The van der Waals surface area contributed by atoms with Gasteiger partial charge in [-0.2, -0.15) is 0 Å². The predicted molar refractivity (Wildman–Crippen MR) is 103 cm³/mol. The maximum Gasteiger partial charge on any atom is 0.338 e. The van der Waals surface area contributed by atoms with E-state index >= 15 is 0 Å². The average molecular weight is 402 g/mol. The van der Waals surface area contributed by atoms with Crippen LogP contribution in [0.15, 0.2) is 57.7 Å². The van der Waals surface area contributed by atoms with Gasteiger partial charge in [-0.25, -0.2) is 18.0 Å². The van der Waals surface area contributed by atoms with Crippen LogP contribution in [0, 0.1) is 0 Å². The van der Waals surface area contributed by atoms with Gasteiger partial charge in [0.1, 0.15) is 17.9 Å². The molecule has 0 aliphatic rings. The van der Waals surface area contributed by atoms with Crippen molar-refractivity contribution in [1.82, 2.24) is 0 Å². The molecule has 0 N–H and O–H groups in total. The van der Waals surface area contributed by atoms with E-state index in [1.165, 1.54) is 25.3 Å². The molecular weight excluding hydrogens is 384 g/mol. The number of carbonyl (C=O) groups is 1. The van der Waals surface area contributed by atoms with Gasteiger partial charge in [-0.15, -0.1) is 0 Å². The zero-order valence-electron chi connectivity index (χ0n) is 15.3. The first-order valence-electron chi connectivity index (χ1n) is 8.30. The molecule has 0 unspecified atom stereocenters. The quantitative estimate of drug-likeness (QED) is 0.462. The normalized spacial score (nSPS) is 11.4.